The maximum absolute atomic E-state index is 11.6. The van der Waals surface area contributed by atoms with E-state index in [1.807, 2.05) is 6.92 Å². The molecule has 0 amide bonds. The molecule has 20 heavy (non-hydrogen) atoms. The topological polar surface area (TPSA) is 34.1 Å². The third kappa shape index (κ3) is 11.9. The lowest BCUT2D eigenvalue weighted by Crippen LogP contribution is -1.99. The molecule has 2 nitrogen and oxygen atoms in total. The van der Waals surface area contributed by atoms with Gasteiger partial charge in [-0.25, -0.2) is 0 Å². The number of Topliss-reactive ketones (excluding diaryl/α,β-unsaturated/α-hetero) is 1. The van der Waals surface area contributed by atoms with Crippen LogP contribution in [0.4, 0.5) is 0 Å². The molecule has 0 aliphatic heterocycles. The molecule has 0 atom stereocenters. The van der Waals surface area contributed by atoms with Gasteiger partial charge in [0.15, 0.2) is 5.78 Å². The van der Waals surface area contributed by atoms with E-state index in [9.17, 15) is 9.59 Å². The first-order valence-corrected chi connectivity index (χ1v) is 7.66. The minimum absolute atomic E-state index is 0.242. The molecule has 0 fully saturated rings. The molecule has 0 aromatic carbocycles. The molecule has 114 valence electrons. The van der Waals surface area contributed by atoms with Gasteiger partial charge in [0.25, 0.3) is 0 Å². The van der Waals surface area contributed by atoms with Gasteiger partial charge in [0.2, 0.25) is 0 Å². The van der Waals surface area contributed by atoms with Crippen LogP contribution in [0.3, 0.4) is 0 Å². The molecule has 0 saturated carbocycles. The Hall–Kier alpha value is -1.18. The van der Waals surface area contributed by atoms with Crippen LogP contribution in [-0.2, 0) is 9.59 Å². The van der Waals surface area contributed by atoms with Crippen molar-refractivity contribution in [3.63, 3.8) is 0 Å². The molecule has 0 bridgehead atoms. The van der Waals surface area contributed by atoms with E-state index < -0.39 is 0 Å². The summed E-state index contributed by atoms with van der Waals surface area (Å²) in [6, 6.07) is 0. The lowest BCUT2D eigenvalue weighted by atomic mass is 10.0. The van der Waals surface area contributed by atoms with Crippen LogP contribution in [0, 0.1) is 5.92 Å². The average Bonchev–Trinajstić information content (AvgIpc) is 2.26. The summed E-state index contributed by atoms with van der Waals surface area (Å²) in [6.45, 7) is 9.91. The number of allylic oxidation sites excluding steroid dienone is 4. The van der Waals surface area contributed by atoms with Crippen molar-refractivity contribution in [2.45, 2.75) is 73.1 Å². The van der Waals surface area contributed by atoms with Crippen molar-refractivity contribution >= 4 is 11.6 Å². The van der Waals surface area contributed by atoms with Crippen molar-refractivity contribution in [1.82, 2.24) is 0 Å². The van der Waals surface area contributed by atoms with Crippen LogP contribution in [0.1, 0.15) is 73.1 Å². The van der Waals surface area contributed by atoms with Crippen molar-refractivity contribution < 1.29 is 9.59 Å². The summed E-state index contributed by atoms with van der Waals surface area (Å²) < 4.78 is 0. The van der Waals surface area contributed by atoms with Gasteiger partial charge in [-0.2, -0.15) is 0 Å². The van der Waals surface area contributed by atoms with Gasteiger partial charge in [0, 0.05) is 12.8 Å². The van der Waals surface area contributed by atoms with E-state index in [0.717, 1.165) is 25.7 Å². The molecule has 0 saturated heterocycles. The quantitative estimate of drug-likeness (QED) is 0.414. The van der Waals surface area contributed by atoms with E-state index in [2.05, 4.69) is 26.8 Å². The van der Waals surface area contributed by atoms with Gasteiger partial charge in [-0.1, -0.05) is 31.1 Å². The average molecular weight is 278 g/mol. The Bertz CT molecular complexity index is 373. The van der Waals surface area contributed by atoms with Crippen LogP contribution in [0.2, 0.25) is 0 Å². The molecule has 0 N–H and O–H groups in total. The highest BCUT2D eigenvalue weighted by molar-refractivity contribution is 5.90. The highest BCUT2D eigenvalue weighted by atomic mass is 16.1. The monoisotopic (exact) mass is 278 g/mol. The first-order chi connectivity index (χ1) is 9.31. The summed E-state index contributed by atoms with van der Waals surface area (Å²) >= 11 is 0. The molecule has 0 aliphatic carbocycles. The zero-order chi connectivity index (χ0) is 15.5. The van der Waals surface area contributed by atoms with Crippen molar-refractivity contribution in [2.75, 3.05) is 0 Å². The third-order valence-corrected chi connectivity index (χ3v) is 3.15. The predicted molar refractivity (Wildman–Crippen MR) is 85.7 cm³/mol. The van der Waals surface area contributed by atoms with E-state index in [-0.39, 0.29) is 11.6 Å². The van der Waals surface area contributed by atoms with E-state index in [1.54, 1.807) is 13.0 Å². The Kier molecular flexibility index (Phi) is 9.96. The summed E-state index contributed by atoms with van der Waals surface area (Å²) in [7, 11) is 0. The Balaban J connectivity index is 3.95. The minimum atomic E-state index is 0.242. The summed E-state index contributed by atoms with van der Waals surface area (Å²) in [5, 5.41) is 0. The summed E-state index contributed by atoms with van der Waals surface area (Å²) in [6.07, 6.45) is 9.17. The fraction of sp³-hybridized carbons (Fsp3) is 0.667. The number of rotatable bonds is 10. The first kappa shape index (κ1) is 18.8. The van der Waals surface area contributed by atoms with Crippen molar-refractivity contribution in [2.24, 2.45) is 5.92 Å². The van der Waals surface area contributed by atoms with Crippen LogP contribution >= 0.6 is 0 Å². The smallest absolute Gasteiger partial charge is 0.155 e. The molecule has 0 unspecified atom stereocenters. The first-order valence-electron chi connectivity index (χ1n) is 7.66. The van der Waals surface area contributed by atoms with E-state index >= 15 is 0 Å². The maximum atomic E-state index is 11.6. The molecule has 2 heteroatoms. The van der Waals surface area contributed by atoms with E-state index in [4.69, 9.17) is 0 Å². The second kappa shape index (κ2) is 10.6. The van der Waals surface area contributed by atoms with Gasteiger partial charge >= 0.3 is 0 Å². The molecular formula is C18H30O2. The van der Waals surface area contributed by atoms with Crippen LogP contribution in [0.5, 0.6) is 0 Å². The highest BCUT2D eigenvalue weighted by Crippen LogP contribution is 2.13. The number of ketones is 2. The normalized spacial score (nSPS) is 12.9. The molecule has 0 radical (unpaired) electrons. The van der Waals surface area contributed by atoms with Crippen molar-refractivity contribution in [3.8, 4) is 0 Å². The number of hydrogen-bond acceptors (Lipinski definition) is 2. The van der Waals surface area contributed by atoms with Gasteiger partial charge in [-0.15, -0.1) is 0 Å². The second-order valence-corrected chi connectivity index (χ2v) is 6.20. The van der Waals surface area contributed by atoms with Gasteiger partial charge in [0.05, 0.1) is 0 Å². The molecule has 0 aromatic rings. The molecule has 0 heterocycles. The number of carbonyl (C=O) groups excluding carboxylic acids is 2. The van der Waals surface area contributed by atoms with Crippen molar-refractivity contribution in [3.05, 3.63) is 23.3 Å². The van der Waals surface area contributed by atoms with Crippen LogP contribution in [-0.4, -0.2) is 11.6 Å². The summed E-state index contributed by atoms with van der Waals surface area (Å²) in [5.41, 5.74) is 2.51. The Morgan fingerprint density at radius 1 is 0.950 bits per heavy atom. The van der Waals surface area contributed by atoms with Crippen LogP contribution in [0.15, 0.2) is 23.3 Å². The number of carbonyl (C=O) groups is 2. The van der Waals surface area contributed by atoms with Crippen LogP contribution < -0.4 is 0 Å². The van der Waals surface area contributed by atoms with Gasteiger partial charge in [-0.3, -0.25) is 4.79 Å². The second-order valence-electron chi connectivity index (χ2n) is 6.20. The standard InChI is InChI=1S/C18H30O2/c1-14(2)12-18(20)13-16(4)10-6-8-15(3)9-7-11-17(5)19/h9,13-14H,6-8,10-12H2,1-5H3/b15-9+,16-13-. The fourth-order valence-corrected chi connectivity index (χ4v) is 2.08. The summed E-state index contributed by atoms with van der Waals surface area (Å²) in [4.78, 5) is 22.5. The van der Waals surface area contributed by atoms with Gasteiger partial charge < -0.3 is 4.79 Å². The number of hydrogen-bond donors (Lipinski definition) is 0. The third-order valence-electron chi connectivity index (χ3n) is 3.15. The Morgan fingerprint density at radius 2 is 1.55 bits per heavy atom. The zero-order valence-corrected chi connectivity index (χ0v) is 13.8. The minimum Gasteiger partial charge on any atom is -0.300 e. The van der Waals surface area contributed by atoms with Crippen molar-refractivity contribution in [1.29, 1.82) is 0 Å². The Morgan fingerprint density at radius 3 is 2.10 bits per heavy atom. The molecule has 0 aromatic heterocycles. The van der Waals surface area contributed by atoms with E-state index in [0.29, 0.717) is 18.8 Å². The molecular weight excluding hydrogens is 248 g/mol. The van der Waals surface area contributed by atoms with Gasteiger partial charge in [0.1, 0.15) is 5.78 Å². The summed E-state index contributed by atoms with van der Waals surface area (Å²) in [5.74, 6) is 0.917. The maximum Gasteiger partial charge on any atom is 0.155 e. The molecule has 0 spiro atoms. The molecule has 0 aliphatic rings. The largest absolute Gasteiger partial charge is 0.300 e. The highest BCUT2D eigenvalue weighted by Gasteiger charge is 2.02. The fourth-order valence-electron chi connectivity index (χ4n) is 2.08. The SMILES string of the molecule is CC(=O)CC/C=C(\C)CCC/C(C)=C\C(=O)CC(C)C. The molecule has 0 rings (SSSR count). The zero-order valence-electron chi connectivity index (χ0n) is 13.8. The lowest BCUT2D eigenvalue weighted by Gasteiger charge is -2.04. The van der Waals surface area contributed by atoms with Gasteiger partial charge in [-0.05, 0) is 58.4 Å². The van der Waals surface area contributed by atoms with E-state index in [1.165, 1.54) is 11.1 Å². The Labute approximate surface area is 124 Å². The van der Waals surface area contributed by atoms with Crippen LogP contribution in [0.25, 0.3) is 0 Å². The lowest BCUT2D eigenvalue weighted by molar-refractivity contribution is -0.117. The predicted octanol–water partition coefficient (Wildman–Crippen LogP) is 5.03.